The van der Waals surface area contributed by atoms with Gasteiger partial charge in [0, 0.05) is 11.4 Å². The van der Waals surface area contributed by atoms with Crippen molar-refractivity contribution in [3.8, 4) is 5.75 Å². The third-order valence-corrected chi connectivity index (χ3v) is 7.00. The van der Waals surface area contributed by atoms with Crippen LogP contribution in [0.15, 0.2) is 29.4 Å². The van der Waals surface area contributed by atoms with Crippen LogP contribution in [0.5, 0.6) is 5.75 Å². The van der Waals surface area contributed by atoms with Crippen LogP contribution in [-0.4, -0.2) is 39.5 Å². The number of carbonyl (C=O) groups excluding carboxylic acids is 2. The average Bonchev–Trinajstić information content (AvgIpc) is 3.33. The number of nitrogens with one attached hydrogen (secondary N) is 1. The molecule has 3 rings (SSSR count). The summed E-state index contributed by atoms with van der Waals surface area (Å²) in [5.74, 6) is 0.116. The van der Waals surface area contributed by atoms with Crippen molar-refractivity contribution in [1.29, 1.82) is 0 Å². The first-order valence-corrected chi connectivity index (χ1v) is 12.0. The van der Waals surface area contributed by atoms with E-state index in [9.17, 15) is 14.0 Å². The highest BCUT2D eigenvalue weighted by Gasteiger charge is 2.23. The Bertz CT molecular complexity index is 1140. The Morgan fingerprint density at radius 3 is 2.58 bits per heavy atom. The molecular formula is C22H25FN4O4S2. The molecule has 0 saturated carbocycles. The number of benzene rings is 1. The largest absolute Gasteiger partial charge is 0.483 e. The standard InChI is InChI=1S/C22H25FN4O4S2/c1-6-27-19(13(3)31-16-9-7-15(23)8-10-16)25-26-22(27)32-11-17(28)24-20-18(21(29)30-5)12(2)14(4)33-20/h7-10,13H,6,11H2,1-5H3,(H,24,28). The molecule has 0 bridgehead atoms. The second kappa shape index (κ2) is 10.8. The summed E-state index contributed by atoms with van der Waals surface area (Å²) in [6.07, 6.45) is -0.425. The number of halogens is 1. The molecule has 2 heterocycles. The molecule has 0 aliphatic heterocycles. The molecule has 33 heavy (non-hydrogen) atoms. The third kappa shape index (κ3) is 5.72. The van der Waals surface area contributed by atoms with Gasteiger partial charge in [0.05, 0.1) is 18.4 Å². The van der Waals surface area contributed by atoms with Crippen LogP contribution < -0.4 is 10.1 Å². The predicted molar refractivity (Wildman–Crippen MR) is 126 cm³/mol. The summed E-state index contributed by atoms with van der Waals surface area (Å²) in [6, 6.07) is 5.76. The summed E-state index contributed by atoms with van der Waals surface area (Å²) >= 11 is 2.57. The Balaban J connectivity index is 1.67. The lowest BCUT2D eigenvalue weighted by Crippen LogP contribution is -2.17. The van der Waals surface area contributed by atoms with E-state index >= 15 is 0 Å². The van der Waals surface area contributed by atoms with Crippen molar-refractivity contribution in [2.75, 3.05) is 18.2 Å². The van der Waals surface area contributed by atoms with E-state index in [1.807, 2.05) is 32.3 Å². The lowest BCUT2D eigenvalue weighted by Gasteiger charge is -2.15. The second-order valence-electron chi connectivity index (χ2n) is 7.11. The van der Waals surface area contributed by atoms with E-state index in [1.165, 1.54) is 42.3 Å². The number of aryl methyl sites for hydroxylation is 1. The fourth-order valence-corrected chi connectivity index (χ4v) is 5.00. The highest BCUT2D eigenvalue weighted by Crippen LogP contribution is 2.33. The van der Waals surface area contributed by atoms with Crippen LogP contribution >= 0.6 is 23.1 Å². The quantitative estimate of drug-likeness (QED) is 0.339. The number of carbonyl (C=O) groups is 2. The van der Waals surface area contributed by atoms with Crippen LogP contribution in [0.1, 0.15) is 46.6 Å². The summed E-state index contributed by atoms with van der Waals surface area (Å²) in [7, 11) is 1.31. The second-order valence-corrected chi connectivity index (χ2v) is 9.28. The number of thiophene rings is 1. The summed E-state index contributed by atoms with van der Waals surface area (Å²) in [4.78, 5) is 25.6. The van der Waals surface area contributed by atoms with Crippen molar-refractivity contribution < 1.29 is 23.5 Å². The van der Waals surface area contributed by atoms with E-state index in [2.05, 4.69) is 15.5 Å². The zero-order valence-electron chi connectivity index (χ0n) is 19.0. The van der Waals surface area contributed by atoms with E-state index in [1.54, 1.807) is 12.1 Å². The van der Waals surface area contributed by atoms with Gasteiger partial charge in [-0.2, -0.15) is 0 Å². The normalized spacial score (nSPS) is 11.8. The van der Waals surface area contributed by atoms with Crippen molar-refractivity contribution in [1.82, 2.24) is 14.8 Å². The van der Waals surface area contributed by atoms with Gasteiger partial charge >= 0.3 is 5.97 Å². The monoisotopic (exact) mass is 492 g/mol. The molecule has 1 amide bonds. The number of hydrogen-bond acceptors (Lipinski definition) is 8. The molecule has 0 spiro atoms. The van der Waals surface area contributed by atoms with Crippen molar-refractivity contribution in [3.63, 3.8) is 0 Å². The Kier molecular flexibility index (Phi) is 8.09. The minimum Gasteiger partial charge on any atom is -0.483 e. The van der Waals surface area contributed by atoms with Crippen LogP contribution in [0.4, 0.5) is 9.39 Å². The van der Waals surface area contributed by atoms with Gasteiger partial charge in [0.15, 0.2) is 17.1 Å². The third-order valence-electron chi connectivity index (χ3n) is 4.91. The molecule has 2 aromatic heterocycles. The molecule has 8 nitrogen and oxygen atoms in total. The SMILES string of the molecule is CCn1c(SCC(=O)Nc2sc(C)c(C)c2C(=O)OC)nnc1C(C)Oc1ccc(F)cc1. The highest BCUT2D eigenvalue weighted by molar-refractivity contribution is 7.99. The van der Waals surface area contributed by atoms with Gasteiger partial charge in [0.1, 0.15) is 16.6 Å². The van der Waals surface area contributed by atoms with Gasteiger partial charge in [-0.05, 0) is 57.5 Å². The predicted octanol–water partition coefficient (Wildman–Crippen LogP) is 4.77. The first-order chi connectivity index (χ1) is 15.7. The minimum absolute atomic E-state index is 0.0853. The Labute approximate surface area is 199 Å². The summed E-state index contributed by atoms with van der Waals surface area (Å²) in [6.45, 7) is 8.07. The fraction of sp³-hybridized carbons (Fsp3) is 0.364. The molecule has 176 valence electrons. The zero-order chi connectivity index (χ0) is 24.1. The number of methoxy groups -OCH3 is 1. The number of nitrogens with zero attached hydrogens (tertiary/aromatic N) is 3. The van der Waals surface area contributed by atoms with E-state index in [0.29, 0.717) is 33.8 Å². The van der Waals surface area contributed by atoms with Gasteiger partial charge in [-0.15, -0.1) is 21.5 Å². The molecule has 0 aliphatic carbocycles. The maximum Gasteiger partial charge on any atom is 0.341 e. The first-order valence-electron chi connectivity index (χ1n) is 10.2. The molecule has 1 atom stereocenters. The molecule has 0 radical (unpaired) electrons. The molecule has 3 aromatic rings. The molecule has 1 aromatic carbocycles. The molecule has 0 fully saturated rings. The Morgan fingerprint density at radius 2 is 1.94 bits per heavy atom. The zero-order valence-corrected chi connectivity index (χ0v) is 20.6. The number of esters is 1. The molecule has 1 unspecified atom stereocenters. The number of anilines is 1. The smallest absolute Gasteiger partial charge is 0.341 e. The number of hydrogen-bond donors (Lipinski definition) is 1. The Morgan fingerprint density at radius 1 is 1.24 bits per heavy atom. The van der Waals surface area contributed by atoms with Crippen molar-refractivity contribution >= 4 is 40.0 Å². The van der Waals surface area contributed by atoms with E-state index in [0.717, 1.165) is 10.4 Å². The minimum atomic E-state index is -0.481. The van der Waals surface area contributed by atoms with Gasteiger partial charge in [-0.25, -0.2) is 9.18 Å². The lowest BCUT2D eigenvalue weighted by molar-refractivity contribution is -0.113. The van der Waals surface area contributed by atoms with Crippen LogP contribution in [0.2, 0.25) is 0 Å². The highest BCUT2D eigenvalue weighted by atomic mass is 32.2. The van der Waals surface area contributed by atoms with Crippen LogP contribution in [0.25, 0.3) is 0 Å². The Hall–Kier alpha value is -2.92. The van der Waals surface area contributed by atoms with Crippen LogP contribution in [-0.2, 0) is 16.1 Å². The van der Waals surface area contributed by atoms with Crippen LogP contribution in [0, 0.1) is 19.7 Å². The van der Waals surface area contributed by atoms with Crippen molar-refractivity contribution in [2.24, 2.45) is 0 Å². The maximum absolute atomic E-state index is 13.1. The van der Waals surface area contributed by atoms with Gasteiger partial charge in [-0.1, -0.05) is 11.8 Å². The van der Waals surface area contributed by atoms with E-state index in [-0.39, 0.29) is 17.5 Å². The van der Waals surface area contributed by atoms with Gasteiger partial charge < -0.3 is 19.4 Å². The number of thioether (sulfide) groups is 1. The van der Waals surface area contributed by atoms with Crippen molar-refractivity contribution in [3.05, 3.63) is 51.9 Å². The number of aromatic nitrogens is 3. The van der Waals surface area contributed by atoms with Gasteiger partial charge in [0.25, 0.3) is 0 Å². The summed E-state index contributed by atoms with van der Waals surface area (Å²) in [5, 5.41) is 12.3. The lowest BCUT2D eigenvalue weighted by atomic mass is 10.1. The average molecular weight is 493 g/mol. The maximum atomic E-state index is 13.1. The summed E-state index contributed by atoms with van der Waals surface area (Å²) in [5.41, 5.74) is 1.17. The van der Waals surface area contributed by atoms with Crippen molar-refractivity contribution in [2.45, 2.75) is 45.5 Å². The van der Waals surface area contributed by atoms with Gasteiger partial charge in [0.2, 0.25) is 5.91 Å². The fourth-order valence-electron chi connectivity index (χ4n) is 3.13. The van der Waals surface area contributed by atoms with Crippen LogP contribution in [0.3, 0.4) is 0 Å². The number of rotatable bonds is 9. The molecule has 11 heteroatoms. The van der Waals surface area contributed by atoms with Gasteiger partial charge in [-0.3, -0.25) is 4.79 Å². The molecular weight excluding hydrogens is 467 g/mol. The van der Waals surface area contributed by atoms with E-state index in [4.69, 9.17) is 9.47 Å². The number of ether oxygens (including phenoxy) is 2. The molecule has 0 aliphatic rings. The number of amides is 1. The summed E-state index contributed by atoms with van der Waals surface area (Å²) < 4.78 is 25.7. The first kappa shape index (κ1) is 24.7. The molecule has 0 saturated heterocycles. The molecule has 1 N–H and O–H groups in total. The van der Waals surface area contributed by atoms with E-state index < -0.39 is 12.1 Å². The topological polar surface area (TPSA) is 95.3 Å².